The van der Waals surface area contributed by atoms with Gasteiger partial charge in [0.2, 0.25) is 0 Å². The molecule has 0 aromatic heterocycles. The number of hydrogen-bond acceptors (Lipinski definition) is 4. The zero-order chi connectivity index (χ0) is 19.9. The van der Waals surface area contributed by atoms with Crippen molar-refractivity contribution in [2.24, 2.45) is 41.4 Å². The molecule has 29 heavy (non-hydrogen) atoms. The predicted molar refractivity (Wildman–Crippen MR) is 109 cm³/mol. The van der Waals surface area contributed by atoms with E-state index in [0.29, 0.717) is 23.9 Å². The van der Waals surface area contributed by atoms with Crippen LogP contribution >= 0.6 is 0 Å². The summed E-state index contributed by atoms with van der Waals surface area (Å²) in [5.41, 5.74) is -0.184. The lowest BCUT2D eigenvalue weighted by atomic mass is 9.70. The fourth-order valence-corrected chi connectivity index (χ4v) is 9.22. The number of ether oxygens (including phenoxy) is 3. The first-order valence-electron chi connectivity index (χ1n) is 12.6. The minimum Gasteiger partial charge on any atom is -0.458 e. The maximum absolute atomic E-state index is 13.5. The highest BCUT2D eigenvalue weighted by Crippen LogP contribution is 2.64. The molecular weight excluding hydrogens is 364 g/mol. The van der Waals surface area contributed by atoms with Crippen molar-refractivity contribution in [1.29, 1.82) is 0 Å². The van der Waals surface area contributed by atoms with E-state index in [1.54, 1.807) is 0 Å². The summed E-state index contributed by atoms with van der Waals surface area (Å²) in [7, 11) is 0. The number of carbonyl (C=O) groups excluding carboxylic acids is 1. The van der Waals surface area contributed by atoms with Crippen LogP contribution in [0.4, 0.5) is 0 Å². The molecule has 0 N–H and O–H groups in total. The first-order valence-corrected chi connectivity index (χ1v) is 12.6. The summed E-state index contributed by atoms with van der Waals surface area (Å²) < 4.78 is 19.3. The van der Waals surface area contributed by atoms with Gasteiger partial charge in [0.05, 0.1) is 30.3 Å². The summed E-state index contributed by atoms with van der Waals surface area (Å²) in [5, 5.41) is 0. The number of esters is 1. The van der Waals surface area contributed by atoms with Crippen LogP contribution in [0.2, 0.25) is 0 Å². The van der Waals surface area contributed by atoms with E-state index in [-0.39, 0.29) is 35.8 Å². The molecule has 0 spiro atoms. The maximum atomic E-state index is 13.5. The summed E-state index contributed by atoms with van der Waals surface area (Å²) in [4.78, 5) is 13.5. The molecule has 4 heteroatoms. The molecule has 4 nitrogen and oxygen atoms in total. The lowest BCUT2D eigenvalue weighted by Crippen LogP contribution is -2.48. The molecular formula is C25H38O4. The van der Waals surface area contributed by atoms with Gasteiger partial charge in [-0.05, 0) is 69.1 Å². The standard InChI is InChI=1S/C25H38O4/c1-4-18-21-20-11-16(23(28-20)22(21)19(5-2)27-18)24(26)29-25(6-3)12-13-10-17(25)15-9-7-8-14(13)15/h13-23H,4-12H2,1-3H3. The topological polar surface area (TPSA) is 44.8 Å². The van der Waals surface area contributed by atoms with Gasteiger partial charge >= 0.3 is 5.97 Å². The summed E-state index contributed by atoms with van der Waals surface area (Å²) in [6, 6.07) is 0. The summed E-state index contributed by atoms with van der Waals surface area (Å²) >= 11 is 0. The van der Waals surface area contributed by atoms with Gasteiger partial charge in [-0.3, -0.25) is 4.79 Å². The Kier molecular flexibility index (Phi) is 4.41. The van der Waals surface area contributed by atoms with E-state index >= 15 is 0 Å². The molecule has 4 bridgehead atoms. The quantitative estimate of drug-likeness (QED) is 0.623. The molecule has 3 aliphatic heterocycles. The van der Waals surface area contributed by atoms with Crippen LogP contribution in [-0.4, -0.2) is 36.0 Å². The second kappa shape index (κ2) is 6.69. The molecule has 0 aromatic carbocycles. The van der Waals surface area contributed by atoms with Crippen LogP contribution in [0.3, 0.4) is 0 Å². The van der Waals surface area contributed by atoms with Crippen molar-refractivity contribution in [2.45, 2.75) is 109 Å². The molecule has 6 rings (SSSR count). The number of fused-ring (bicyclic) bond motifs is 10. The normalized spacial score (nSPS) is 56.7. The van der Waals surface area contributed by atoms with Gasteiger partial charge in [0.25, 0.3) is 0 Å². The van der Waals surface area contributed by atoms with Gasteiger partial charge in [-0.2, -0.15) is 0 Å². The van der Waals surface area contributed by atoms with Crippen molar-refractivity contribution in [2.75, 3.05) is 0 Å². The Morgan fingerprint density at radius 3 is 2.52 bits per heavy atom. The van der Waals surface area contributed by atoms with Crippen molar-refractivity contribution in [1.82, 2.24) is 0 Å². The van der Waals surface area contributed by atoms with E-state index in [4.69, 9.17) is 14.2 Å². The fourth-order valence-electron chi connectivity index (χ4n) is 9.22. The van der Waals surface area contributed by atoms with Crippen LogP contribution in [-0.2, 0) is 19.0 Å². The van der Waals surface area contributed by atoms with Crippen LogP contribution in [0.5, 0.6) is 0 Å². The van der Waals surface area contributed by atoms with Gasteiger partial charge in [-0.25, -0.2) is 0 Å². The zero-order valence-electron chi connectivity index (χ0n) is 18.3. The fraction of sp³-hybridized carbons (Fsp3) is 0.960. The van der Waals surface area contributed by atoms with E-state index in [0.717, 1.165) is 49.9 Å². The highest BCUT2D eigenvalue weighted by Gasteiger charge is 2.66. The largest absolute Gasteiger partial charge is 0.458 e. The smallest absolute Gasteiger partial charge is 0.312 e. The molecule has 12 unspecified atom stereocenters. The second-order valence-corrected chi connectivity index (χ2v) is 11.1. The third-order valence-electron chi connectivity index (χ3n) is 10.3. The van der Waals surface area contributed by atoms with Gasteiger partial charge in [0.15, 0.2) is 0 Å². The number of rotatable bonds is 5. The minimum absolute atomic E-state index is 0.0192. The highest BCUT2D eigenvalue weighted by atomic mass is 16.6. The molecule has 6 fully saturated rings. The van der Waals surface area contributed by atoms with E-state index < -0.39 is 0 Å². The van der Waals surface area contributed by atoms with Crippen LogP contribution in [0.15, 0.2) is 0 Å². The first-order chi connectivity index (χ1) is 14.1. The monoisotopic (exact) mass is 402 g/mol. The number of hydrogen-bond donors (Lipinski definition) is 0. The van der Waals surface area contributed by atoms with Crippen molar-refractivity contribution < 1.29 is 19.0 Å². The maximum Gasteiger partial charge on any atom is 0.312 e. The van der Waals surface area contributed by atoms with E-state index in [9.17, 15) is 4.79 Å². The third kappa shape index (κ3) is 2.48. The Bertz CT molecular complexity index is 678. The van der Waals surface area contributed by atoms with Crippen LogP contribution in [0.1, 0.15) is 78.6 Å². The minimum atomic E-state index is -0.184. The second-order valence-electron chi connectivity index (χ2n) is 11.1. The van der Waals surface area contributed by atoms with Gasteiger partial charge in [-0.15, -0.1) is 0 Å². The summed E-state index contributed by atoms with van der Waals surface area (Å²) in [6.07, 6.45) is 11.2. The Morgan fingerprint density at radius 2 is 1.76 bits per heavy atom. The molecule has 162 valence electrons. The van der Waals surface area contributed by atoms with Crippen LogP contribution in [0, 0.1) is 41.4 Å². The summed E-state index contributed by atoms with van der Waals surface area (Å²) in [6.45, 7) is 6.67. The average Bonchev–Trinajstić information content (AvgIpc) is 3.53. The molecule has 3 heterocycles. The van der Waals surface area contributed by atoms with E-state index in [1.807, 2.05) is 0 Å². The zero-order valence-corrected chi connectivity index (χ0v) is 18.3. The molecule has 0 amide bonds. The molecule has 3 saturated carbocycles. The SMILES string of the molecule is CCC1OC(CC)C2C3OC(CC3C(=O)OC3(CC)CC4CC3C3CCCC43)C12. The van der Waals surface area contributed by atoms with Crippen molar-refractivity contribution in [3.8, 4) is 0 Å². The van der Waals surface area contributed by atoms with E-state index in [2.05, 4.69) is 20.8 Å². The van der Waals surface area contributed by atoms with Crippen molar-refractivity contribution in [3.05, 3.63) is 0 Å². The summed E-state index contributed by atoms with van der Waals surface area (Å²) in [5.74, 6) is 4.02. The van der Waals surface area contributed by atoms with Gasteiger partial charge in [0, 0.05) is 17.8 Å². The van der Waals surface area contributed by atoms with Crippen LogP contribution in [0.25, 0.3) is 0 Å². The van der Waals surface area contributed by atoms with Gasteiger partial charge in [0.1, 0.15) is 5.60 Å². The molecule has 3 aliphatic carbocycles. The Morgan fingerprint density at radius 1 is 1.00 bits per heavy atom. The molecule has 0 aromatic rings. The van der Waals surface area contributed by atoms with Crippen molar-refractivity contribution in [3.63, 3.8) is 0 Å². The highest BCUT2D eigenvalue weighted by molar-refractivity contribution is 5.74. The Labute approximate surface area is 175 Å². The molecule has 0 radical (unpaired) electrons. The molecule has 3 saturated heterocycles. The lowest BCUT2D eigenvalue weighted by molar-refractivity contribution is -0.178. The van der Waals surface area contributed by atoms with Gasteiger partial charge < -0.3 is 14.2 Å². The van der Waals surface area contributed by atoms with Crippen LogP contribution < -0.4 is 0 Å². The Balaban J connectivity index is 1.20. The first kappa shape index (κ1) is 19.1. The van der Waals surface area contributed by atoms with E-state index in [1.165, 1.54) is 25.7 Å². The predicted octanol–water partition coefficient (Wildman–Crippen LogP) is 4.74. The molecule has 12 atom stereocenters. The third-order valence-corrected chi connectivity index (χ3v) is 10.3. The van der Waals surface area contributed by atoms with Gasteiger partial charge in [-0.1, -0.05) is 27.2 Å². The Hall–Kier alpha value is -0.610. The molecule has 6 aliphatic rings. The average molecular weight is 403 g/mol. The number of carbonyl (C=O) groups is 1. The lowest BCUT2D eigenvalue weighted by Gasteiger charge is -2.43. The van der Waals surface area contributed by atoms with Crippen molar-refractivity contribution >= 4 is 5.97 Å².